The summed E-state index contributed by atoms with van der Waals surface area (Å²) in [5, 5.41) is 3.74. The molecule has 2 atom stereocenters. The number of rotatable bonds is 13. The lowest BCUT2D eigenvalue weighted by Crippen LogP contribution is -2.53. The first-order chi connectivity index (χ1) is 19.9. The van der Waals surface area contributed by atoms with E-state index in [4.69, 9.17) is 23.2 Å². The van der Waals surface area contributed by atoms with Gasteiger partial charge >= 0.3 is 0 Å². The van der Waals surface area contributed by atoms with Gasteiger partial charge in [0.15, 0.2) is 0 Å². The molecule has 0 bridgehead atoms. The molecule has 1 N–H and O–H groups in total. The van der Waals surface area contributed by atoms with Crippen molar-refractivity contribution in [1.82, 2.24) is 10.2 Å². The van der Waals surface area contributed by atoms with Crippen LogP contribution in [0.4, 0.5) is 5.69 Å². The van der Waals surface area contributed by atoms with Gasteiger partial charge in [-0.3, -0.25) is 13.9 Å². The normalized spacial score (nSPS) is 12.8. The van der Waals surface area contributed by atoms with E-state index in [0.29, 0.717) is 34.1 Å². The number of hydrogen-bond donors (Lipinski definition) is 1. The number of benzene rings is 3. The Morgan fingerprint density at radius 2 is 1.60 bits per heavy atom. The Bertz CT molecular complexity index is 1480. The predicted molar refractivity (Wildman–Crippen MR) is 173 cm³/mol. The Morgan fingerprint density at radius 1 is 0.952 bits per heavy atom. The number of anilines is 1. The monoisotopic (exact) mass is 649 g/mol. The summed E-state index contributed by atoms with van der Waals surface area (Å²) in [5.41, 5.74) is 1.87. The van der Waals surface area contributed by atoms with Gasteiger partial charge in [-0.25, -0.2) is 8.42 Å². The lowest BCUT2D eigenvalue weighted by Gasteiger charge is -2.34. The van der Waals surface area contributed by atoms with E-state index in [1.165, 1.54) is 28.8 Å². The topological polar surface area (TPSA) is 86.8 Å². The van der Waals surface area contributed by atoms with Crippen LogP contribution in [0, 0.1) is 6.92 Å². The van der Waals surface area contributed by atoms with Gasteiger partial charge in [-0.15, -0.1) is 11.8 Å². The van der Waals surface area contributed by atoms with Crippen molar-refractivity contribution in [3.63, 3.8) is 0 Å². The van der Waals surface area contributed by atoms with Gasteiger partial charge in [-0.05, 0) is 87.0 Å². The van der Waals surface area contributed by atoms with Crippen LogP contribution in [-0.2, 0) is 26.2 Å². The molecular weight excluding hydrogens is 613 g/mol. The molecule has 0 aromatic heterocycles. The Morgan fingerprint density at radius 3 is 2.14 bits per heavy atom. The number of sulfonamides is 1. The van der Waals surface area contributed by atoms with E-state index < -0.39 is 28.5 Å². The molecule has 7 nitrogen and oxygen atoms in total. The van der Waals surface area contributed by atoms with Gasteiger partial charge in [0.2, 0.25) is 11.8 Å². The van der Waals surface area contributed by atoms with Gasteiger partial charge < -0.3 is 10.2 Å². The zero-order valence-electron chi connectivity index (χ0n) is 24.4. The van der Waals surface area contributed by atoms with Crippen LogP contribution < -0.4 is 9.62 Å². The maximum atomic E-state index is 14.2. The summed E-state index contributed by atoms with van der Waals surface area (Å²) in [7, 11) is -4.15. The SMILES string of the molecule is CC[C@H](C(=O)N[C@@H](C)CC)N(Cc1ccc(Cl)cc1Cl)C(=O)CN(c1ccc(C)cc1)S(=O)(=O)c1ccc(SC)cc1. The fraction of sp³-hybridized carbons (Fsp3) is 0.355. The van der Waals surface area contributed by atoms with Crippen molar-refractivity contribution in [2.45, 2.75) is 69.0 Å². The van der Waals surface area contributed by atoms with Crippen LogP contribution in [-0.4, -0.2) is 50.0 Å². The molecule has 226 valence electrons. The van der Waals surface area contributed by atoms with E-state index in [0.717, 1.165) is 14.8 Å². The Hall–Kier alpha value is -2.72. The number of amides is 2. The third-order valence-electron chi connectivity index (χ3n) is 6.99. The molecule has 0 aliphatic rings. The van der Waals surface area contributed by atoms with Crippen molar-refractivity contribution < 1.29 is 18.0 Å². The average Bonchev–Trinajstić information content (AvgIpc) is 2.97. The van der Waals surface area contributed by atoms with E-state index in [-0.39, 0.29) is 23.4 Å². The van der Waals surface area contributed by atoms with Gasteiger partial charge in [0.05, 0.1) is 10.6 Å². The highest BCUT2D eigenvalue weighted by molar-refractivity contribution is 7.98. The van der Waals surface area contributed by atoms with Crippen LogP contribution in [0.5, 0.6) is 0 Å². The summed E-state index contributed by atoms with van der Waals surface area (Å²) in [6.07, 6.45) is 2.93. The highest BCUT2D eigenvalue weighted by Gasteiger charge is 2.34. The van der Waals surface area contributed by atoms with E-state index in [1.807, 2.05) is 34.0 Å². The summed E-state index contributed by atoms with van der Waals surface area (Å²) in [4.78, 5) is 30.0. The molecular formula is C31H37Cl2N3O4S2. The van der Waals surface area contributed by atoms with Gasteiger partial charge in [0, 0.05) is 27.5 Å². The second-order valence-electron chi connectivity index (χ2n) is 10.0. The average molecular weight is 651 g/mol. The minimum Gasteiger partial charge on any atom is -0.352 e. The second kappa shape index (κ2) is 15.1. The van der Waals surface area contributed by atoms with Gasteiger partial charge in [-0.2, -0.15) is 0 Å². The number of thioether (sulfide) groups is 1. The maximum Gasteiger partial charge on any atom is 0.264 e. The van der Waals surface area contributed by atoms with Crippen molar-refractivity contribution in [3.8, 4) is 0 Å². The van der Waals surface area contributed by atoms with E-state index in [9.17, 15) is 18.0 Å². The molecule has 3 aromatic carbocycles. The van der Waals surface area contributed by atoms with Crippen LogP contribution >= 0.6 is 35.0 Å². The summed E-state index contributed by atoms with van der Waals surface area (Å²) >= 11 is 14.1. The highest BCUT2D eigenvalue weighted by atomic mass is 35.5. The van der Waals surface area contributed by atoms with E-state index >= 15 is 0 Å². The number of carbonyl (C=O) groups excluding carboxylic acids is 2. The van der Waals surface area contributed by atoms with Crippen molar-refractivity contribution in [3.05, 3.63) is 87.9 Å². The molecule has 0 saturated heterocycles. The lowest BCUT2D eigenvalue weighted by molar-refractivity contribution is -0.140. The summed E-state index contributed by atoms with van der Waals surface area (Å²) < 4.78 is 29.1. The van der Waals surface area contributed by atoms with E-state index in [2.05, 4.69) is 5.32 Å². The number of hydrogen-bond acceptors (Lipinski definition) is 5. The second-order valence-corrected chi connectivity index (χ2v) is 13.6. The Kier molecular flexibility index (Phi) is 12.2. The molecule has 0 saturated carbocycles. The smallest absolute Gasteiger partial charge is 0.264 e. The molecule has 0 radical (unpaired) electrons. The molecule has 11 heteroatoms. The van der Waals surface area contributed by atoms with Crippen LogP contribution in [0.3, 0.4) is 0 Å². The number of nitrogens with one attached hydrogen (secondary N) is 1. The van der Waals surface area contributed by atoms with Crippen molar-refractivity contribution in [2.24, 2.45) is 0 Å². The molecule has 3 aromatic rings. The number of halogens is 2. The summed E-state index contributed by atoms with van der Waals surface area (Å²) in [6, 6.07) is 17.4. The molecule has 0 aliphatic carbocycles. The van der Waals surface area contributed by atoms with Gasteiger partial charge in [0.25, 0.3) is 10.0 Å². The van der Waals surface area contributed by atoms with Crippen LogP contribution in [0.15, 0.2) is 76.5 Å². The molecule has 42 heavy (non-hydrogen) atoms. The van der Waals surface area contributed by atoms with Gasteiger partial charge in [0.1, 0.15) is 12.6 Å². The number of nitrogens with zero attached hydrogens (tertiary/aromatic N) is 2. The minimum atomic E-state index is -4.15. The quantitative estimate of drug-likeness (QED) is 0.203. The molecule has 0 spiro atoms. The first-order valence-electron chi connectivity index (χ1n) is 13.7. The molecule has 3 rings (SSSR count). The zero-order chi connectivity index (χ0) is 31.0. The zero-order valence-corrected chi connectivity index (χ0v) is 27.6. The fourth-order valence-corrected chi connectivity index (χ4v) is 6.60. The Balaban J connectivity index is 2.08. The molecule has 0 fully saturated rings. The first-order valence-corrected chi connectivity index (χ1v) is 17.1. The standard InChI is InChI=1S/C31H37Cl2N3O4S2/c1-6-22(4)34-31(38)29(7-2)35(19-23-10-11-24(32)18-28(23)33)30(37)20-36(25-12-8-21(3)9-13-25)42(39,40)27-16-14-26(41-5)15-17-27/h8-18,22,29H,6-7,19-20H2,1-5H3,(H,34,38)/t22-,29+/m0/s1. The molecule has 0 heterocycles. The van der Waals surface area contributed by atoms with E-state index in [1.54, 1.807) is 54.6 Å². The lowest BCUT2D eigenvalue weighted by atomic mass is 10.1. The highest BCUT2D eigenvalue weighted by Crippen LogP contribution is 2.28. The number of carbonyl (C=O) groups is 2. The molecule has 2 amide bonds. The predicted octanol–water partition coefficient (Wildman–Crippen LogP) is 6.94. The third-order valence-corrected chi connectivity index (χ3v) is 10.1. The Labute approximate surface area is 263 Å². The summed E-state index contributed by atoms with van der Waals surface area (Å²) in [5.74, 6) is -0.861. The third kappa shape index (κ3) is 8.43. The van der Waals surface area contributed by atoms with Crippen LogP contribution in [0.1, 0.15) is 44.7 Å². The summed E-state index contributed by atoms with van der Waals surface area (Å²) in [6.45, 7) is 7.03. The van der Waals surface area contributed by atoms with Crippen molar-refractivity contribution in [2.75, 3.05) is 17.1 Å². The first kappa shape index (κ1) is 33.8. The number of aryl methyl sites for hydroxylation is 1. The van der Waals surface area contributed by atoms with Gasteiger partial charge in [-0.1, -0.05) is 60.8 Å². The van der Waals surface area contributed by atoms with Crippen molar-refractivity contribution >= 4 is 62.5 Å². The maximum absolute atomic E-state index is 14.2. The molecule has 0 unspecified atom stereocenters. The minimum absolute atomic E-state index is 0.00846. The van der Waals surface area contributed by atoms with Crippen LogP contribution in [0.2, 0.25) is 10.0 Å². The largest absolute Gasteiger partial charge is 0.352 e. The van der Waals surface area contributed by atoms with Crippen LogP contribution in [0.25, 0.3) is 0 Å². The fourth-order valence-electron chi connectivity index (χ4n) is 4.31. The van der Waals surface area contributed by atoms with Crippen molar-refractivity contribution in [1.29, 1.82) is 0 Å². The molecule has 0 aliphatic heterocycles.